The molecule has 1 saturated heterocycles. The van der Waals surface area contributed by atoms with Gasteiger partial charge in [-0.2, -0.15) is 0 Å². The second-order valence-corrected chi connectivity index (χ2v) is 8.70. The van der Waals surface area contributed by atoms with E-state index in [-0.39, 0.29) is 12.1 Å². The molecule has 0 unspecified atom stereocenters. The van der Waals surface area contributed by atoms with Crippen molar-refractivity contribution in [3.8, 4) is 11.5 Å². The minimum Gasteiger partial charge on any atom is -0.457 e. The van der Waals surface area contributed by atoms with E-state index in [0.717, 1.165) is 28.4 Å². The second kappa shape index (κ2) is 8.71. The molecule has 0 spiro atoms. The molecule has 5 nitrogen and oxygen atoms in total. The van der Waals surface area contributed by atoms with Crippen LogP contribution in [0, 0.1) is 13.8 Å². The number of anilines is 1. The molecule has 0 saturated carbocycles. The van der Waals surface area contributed by atoms with Crippen molar-refractivity contribution >= 4 is 23.0 Å². The first-order valence-corrected chi connectivity index (χ1v) is 11.4. The van der Waals surface area contributed by atoms with Gasteiger partial charge in [0.15, 0.2) is 5.11 Å². The predicted molar refractivity (Wildman–Crippen MR) is 136 cm³/mol. The number of thiocarbonyl (C=S) groups is 1. The minimum absolute atomic E-state index is 0.0331. The largest absolute Gasteiger partial charge is 0.457 e. The van der Waals surface area contributed by atoms with Gasteiger partial charge in [-0.1, -0.05) is 24.3 Å². The molecule has 2 aromatic carbocycles. The molecule has 33 heavy (non-hydrogen) atoms. The monoisotopic (exact) mass is 454 g/mol. The molecule has 3 heterocycles. The normalized spacial score (nSPS) is 17.8. The predicted octanol–water partition coefficient (Wildman–Crippen LogP) is 6.01. The first-order valence-electron chi connectivity index (χ1n) is 11.0. The number of para-hydroxylation sites is 1. The van der Waals surface area contributed by atoms with Crippen LogP contribution < -0.4 is 15.0 Å². The van der Waals surface area contributed by atoms with Gasteiger partial charge in [-0.25, -0.2) is 0 Å². The molecule has 6 heteroatoms. The zero-order valence-corrected chi connectivity index (χ0v) is 19.7. The molecule has 0 radical (unpaired) electrons. The summed E-state index contributed by atoms with van der Waals surface area (Å²) in [6, 6.07) is 26.3. The average molecular weight is 455 g/mol. The second-order valence-electron chi connectivity index (χ2n) is 8.32. The Bertz CT molecular complexity index is 1280. The molecule has 4 aromatic rings. The quantitative estimate of drug-likeness (QED) is 0.374. The summed E-state index contributed by atoms with van der Waals surface area (Å²) in [5, 5.41) is 4.20. The molecule has 1 fully saturated rings. The summed E-state index contributed by atoms with van der Waals surface area (Å²) in [5.41, 5.74) is 5.45. The Labute approximate surface area is 199 Å². The SMILES string of the molecule is Cc1ccccc1Oc1ccc(N2C(=S)N[C@@H](c3ccccn3)[C@@H]2c2ccc(C)n2C)cc1. The first-order chi connectivity index (χ1) is 16.0. The van der Waals surface area contributed by atoms with Crippen molar-refractivity contribution in [3.05, 3.63) is 108 Å². The lowest BCUT2D eigenvalue weighted by molar-refractivity contribution is 0.479. The highest BCUT2D eigenvalue weighted by Gasteiger charge is 2.41. The third kappa shape index (κ3) is 3.98. The van der Waals surface area contributed by atoms with Crippen LogP contribution in [0.5, 0.6) is 11.5 Å². The van der Waals surface area contributed by atoms with Gasteiger partial charge in [0.1, 0.15) is 17.5 Å². The summed E-state index contributed by atoms with van der Waals surface area (Å²) in [6.45, 7) is 4.16. The molecule has 5 rings (SSSR count). The molecule has 1 aliphatic rings. The number of rotatable bonds is 5. The lowest BCUT2D eigenvalue weighted by atomic mass is 10.0. The molecule has 0 amide bonds. The molecule has 1 aliphatic heterocycles. The fraction of sp³-hybridized carbons (Fsp3) is 0.185. The summed E-state index contributed by atoms with van der Waals surface area (Å²) >= 11 is 5.83. The van der Waals surface area contributed by atoms with Crippen molar-refractivity contribution in [3.63, 3.8) is 0 Å². The van der Waals surface area contributed by atoms with Gasteiger partial charge >= 0.3 is 0 Å². The smallest absolute Gasteiger partial charge is 0.174 e. The van der Waals surface area contributed by atoms with E-state index < -0.39 is 0 Å². The zero-order chi connectivity index (χ0) is 22.9. The van der Waals surface area contributed by atoms with Crippen molar-refractivity contribution < 1.29 is 4.74 Å². The Morgan fingerprint density at radius 2 is 1.67 bits per heavy atom. The van der Waals surface area contributed by atoms with E-state index in [2.05, 4.69) is 58.0 Å². The maximum atomic E-state index is 6.10. The number of hydrogen-bond acceptors (Lipinski definition) is 3. The Hall–Kier alpha value is -3.64. The van der Waals surface area contributed by atoms with E-state index in [1.807, 2.05) is 67.7 Å². The van der Waals surface area contributed by atoms with Crippen molar-refractivity contribution in [1.82, 2.24) is 14.9 Å². The standard InChI is InChI=1S/C27H26N4OS/c1-18-8-4-5-10-24(18)32-21-14-12-20(13-15-21)31-26(23-16-11-19(2)30(23)3)25(29-27(31)33)22-9-6-7-17-28-22/h4-17,25-26H,1-3H3,(H,29,33)/t25-,26-/m0/s1. The number of aryl methyl sites for hydroxylation is 2. The Balaban J connectivity index is 1.51. The van der Waals surface area contributed by atoms with E-state index in [4.69, 9.17) is 17.0 Å². The van der Waals surface area contributed by atoms with Gasteiger partial charge in [-0.3, -0.25) is 4.98 Å². The first kappa shape index (κ1) is 21.2. The zero-order valence-electron chi connectivity index (χ0n) is 18.9. The fourth-order valence-corrected chi connectivity index (χ4v) is 4.68. The van der Waals surface area contributed by atoms with Crippen molar-refractivity contribution in [1.29, 1.82) is 0 Å². The third-order valence-electron chi connectivity index (χ3n) is 6.25. The summed E-state index contributed by atoms with van der Waals surface area (Å²) in [4.78, 5) is 6.81. The van der Waals surface area contributed by atoms with Gasteiger partial charge in [-0.15, -0.1) is 0 Å². The molecule has 0 bridgehead atoms. The Kier molecular flexibility index (Phi) is 5.60. The summed E-state index contributed by atoms with van der Waals surface area (Å²) in [5.74, 6) is 1.65. The topological polar surface area (TPSA) is 42.3 Å². The molecule has 2 atom stereocenters. The molecule has 1 N–H and O–H groups in total. The van der Waals surface area contributed by atoms with Crippen LogP contribution in [-0.4, -0.2) is 14.7 Å². The maximum Gasteiger partial charge on any atom is 0.174 e. The lowest BCUT2D eigenvalue weighted by Crippen LogP contribution is -2.30. The highest BCUT2D eigenvalue weighted by Crippen LogP contribution is 2.42. The van der Waals surface area contributed by atoms with Gasteiger partial charge < -0.3 is 19.5 Å². The number of ether oxygens (including phenoxy) is 1. The highest BCUT2D eigenvalue weighted by atomic mass is 32.1. The van der Waals surface area contributed by atoms with Crippen molar-refractivity contribution in [2.24, 2.45) is 7.05 Å². The van der Waals surface area contributed by atoms with Crippen LogP contribution in [0.4, 0.5) is 5.69 Å². The van der Waals surface area contributed by atoms with E-state index >= 15 is 0 Å². The molecule has 0 aliphatic carbocycles. The molecular formula is C27H26N4OS. The average Bonchev–Trinajstić information content (AvgIpc) is 3.35. The Morgan fingerprint density at radius 1 is 0.909 bits per heavy atom. The van der Waals surface area contributed by atoms with Gasteiger partial charge in [0, 0.05) is 30.3 Å². The van der Waals surface area contributed by atoms with E-state index in [9.17, 15) is 0 Å². The van der Waals surface area contributed by atoms with Crippen molar-refractivity contribution in [2.75, 3.05) is 4.90 Å². The van der Waals surface area contributed by atoms with Crippen LogP contribution in [-0.2, 0) is 7.05 Å². The molecule has 166 valence electrons. The fourth-order valence-electron chi connectivity index (χ4n) is 4.34. The van der Waals surface area contributed by atoms with Gasteiger partial charge in [0.25, 0.3) is 0 Å². The highest BCUT2D eigenvalue weighted by molar-refractivity contribution is 7.80. The van der Waals surface area contributed by atoms with Crippen LogP contribution in [0.1, 0.15) is 34.7 Å². The Morgan fingerprint density at radius 3 is 2.33 bits per heavy atom. The number of hydrogen-bond donors (Lipinski definition) is 1. The van der Waals surface area contributed by atoms with Crippen LogP contribution >= 0.6 is 12.2 Å². The van der Waals surface area contributed by atoms with Gasteiger partial charge in [0.05, 0.1) is 11.7 Å². The van der Waals surface area contributed by atoms with Crippen LogP contribution in [0.2, 0.25) is 0 Å². The van der Waals surface area contributed by atoms with Crippen LogP contribution in [0.3, 0.4) is 0 Å². The number of nitrogens with one attached hydrogen (secondary N) is 1. The number of aromatic nitrogens is 2. The lowest BCUT2D eigenvalue weighted by Gasteiger charge is -2.28. The number of benzene rings is 2. The number of nitrogens with zero attached hydrogens (tertiary/aromatic N) is 3. The van der Waals surface area contributed by atoms with Crippen LogP contribution in [0.15, 0.2) is 85.1 Å². The molecular weight excluding hydrogens is 428 g/mol. The maximum absolute atomic E-state index is 6.10. The van der Waals surface area contributed by atoms with E-state index in [0.29, 0.717) is 5.11 Å². The van der Waals surface area contributed by atoms with Gasteiger partial charge in [-0.05, 0) is 86.2 Å². The molecule has 2 aromatic heterocycles. The van der Waals surface area contributed by atoms with Crippen molar-refractivity contribution in [2.45, 2.75) is 25.9 Å². The van der Waals surface area contributed by atoms with E-state index in [1.54, 1.807) is 0 Å². The van der Waals surface area contributed by atoms with Gasteiger partial charge in [0.2, 0.25) is 0 Å². The summed E-state index contributed by atoms with van der Waals surface area (Å²) < 4.78 is 8.32. The summed E-state index contributed by atoms with van der Waals surface area (Å²) in [6.07, 6.45) is 1.83. The van der Waals surface area contributed by atoms with E-state index in [1.165, 1.54) is 11.4 Å². The summed E-state index contributed by atoms with van der Waals surface area (Å²) in [7, 11) is 2.10. The third-order valence-corrected chi connectivity index (χ3v) is 6.56. The number of pyridine rings is 1. The minimum atomic E-state index is -0.0606. The van der Waals surface area contributed by atoms with Crippen LogP contribution in [0.25, 0.3) is 0 Å².